The highest BCUT2D eigenvalue weighted by Gasteiger charge is 2.21. The van der Waals surface area contributed by atoms with Crippen molar-refractivity contribution in [3.8, 4) is 11.4 Å². The molecule has 0 spiro atoms. The van der Waals surface area contributed by atoms with Crippen LogP contribution in [0.25, 0.3) is 11.4 Å². The molecule has 0 amide bonds. The second kappa shape index (κ2) is 6.08. The first-order valence-electron chi connectivity index (χ1n) is 6.21. The van der Waals surface area contributed by atoms with Crippen LogP contribution in [0.2, 0.25) is 0 Å². The second-order valence-electron chi connectivity index (χ2n) is 4.72. The fraction of sp³-hybridized carbons (Fsp3) is 0.462. The summed E-state index contributed by atoms with van der Waals surface area (Å²) >= 11 is 5.36. The Morgan fingerprint density at radius 3 is 2.63 bits per heavy atom. The van der Waals surface area contributed by atoms with E-state index < -0.39 is 0 Å². The van der Waals surface area contributed by atoms with Gasteiger partial charge in [0.15, 0.2) is 10.6 Å². The molecule has 0 saturated carbocycles. The Morgan fingerprint density at radius 2 is 2.05 bits per heavy atom. The molecule has 0 radical (unpaired) electrons. The minimum Gasteiger partial charge on any atom is -0.383 e. The van der Waals surface area contributed by atoms with Crippen LogP contribution in [0.1, 0.15) is 19.9 Å². The molecular formula is C13H18N4OS. The van der Waals surface area contributed by atoms with Crippen molar-refractivity contribution in [1.29, 1.82) is 0 Å². The highest BCUT2D eigenvalue weighted by molar-refractivity contribution is 7.71. The van der Waals surface area contributed by atoms with Gasteiger partial charge in [0.2, 0.25) is 0 Å². The molecule has 6 heteroatoms. The summed E-state index contributed by atoms with van der Waals surface area (Å²) < 4.78 is 7.95. The third-order valence-electron chi connectivity index (χ3n) is 3.08. The molecule has 5 nitrogen and oxygen atoms in total. The maximum atomic E-state index is 5.36. The summed E-state index contributed by atoms with van der Waals surface area (Å²) in [7, 11) is 1.70. The van der Waals surface area contributed by atoms with E-state index in [0.717, 1.165) is 11.4 Å². The van der Waals surface area contributed by atoms with Crippen LogP contribution in [-0.4, -0.2) is 33.5 Å². The first-order valence-corrected chi connectivity index (χ1v) is 6.62. The maximum Gasteiger partial charge on any atom is 0.195 e. The molecule has 2 rings (SSSR count). The van der Waals surface area contributed by atoms with Crippen molar-refractivity contribution in [2.24, 2.45) is 5.92 Å². The Kier molecular flexibility index (Phi) is 4.44. The molecule has 102 valence electrons. The lowest BCUT2D eigenvalue weighted by atomic mass is 10.0. The molecule has 19 heavy (non-hydrogen) atoms. The van der Waals surface area contributed by atoms with Crippen LogP contribution in [-0.2, 0) is 4.74 Å². The van der Waals surface area contributed by atoms with Crippen molar-refractivity contribution >= 4 is 12.2 Å². The van der Waals surface area contributed by atoms with E-state index in [4.69, 9.17) is 17.0 Å². The molecule has 0 saturated heterocycles. The van der Waals surface area contributed by atoms with E-state index in [9.17, 15) is 0 Å². The van der Waals surface area contributed by atoms with Gasteiger partial charge in [0.25, 0.3) is 0 Å². The van der Waals surface area contributed by atoms with Crippen molar-refractivity contribution in [2.45, 2.75) is 19.9 Å². The van der Waals surface area contributed by atoms with Crippen LogP contribution in [0.5, 0.6) is 0 Å². The molecule has 0 fully saturated rings. The molecule has 2 aromatic rings. The van der Waals surface area contributed by atoms with Crippen LogP contribution in [0.4, 0.5) is 0 Å². The van der Waals surface area contributed by atoms with Crippen molar-refractivity contribution in [3.05, 3.63) is 29.3 Å². The Labute approximate surface area is 117 Å². The normalized spacial score (nSPS) is 12.8. The average Bonchev–Trinajstić information content (AvgIpc) is 2.78. The fourth-order valence-electron chi connectivity index (χ4n) is 2.05. The number of rotatable bonds is 5. The SMILES string of the molecule is COCC(C(C)C)n1c(-c2ccncc2)n[nH]c1=S. The van der Waals surface area contributed by atoms with Crippen molar-refractivity contribution in [2.75, 3.05) is 13.7 Å². The van der Waals surface area contributed by atoms with Crippen molar-refractivity contribution in [1.82, 2.24) is 19.7 Å². The number of nitrogens with zero attached hydrogens (tertiary/aromatic N) is 3. The van der Waals surface area contributed by atoms with Gasteiger partial charge in [0, 0.05) is 25.1 Å². The van der Waals surface area contributed by atoms with Crippen LogP contribution in [0.15, 0.2) is 24.5 Å². The number of H-pyrrole nitrogens is 1. The average molecular weight is 278 g/mol. The van der Waals surface area contributed by atoms with Gasteiger partial charge in [-0.2, -0.15) is 5.10 Å². The van der Waals surface area contributed by atoms with Crippen molar-refractivity contribution < 1.29 is 4.74 Å². The molecule has 0 aliphatic carbocycles. The number of nitrogens with one attached hydrogen (secondary N) is 1. The Balaban J connectivity index is 2.51. The summed E-state index contributed by atoms with van der Waals surface area (Å²) in [6.07, 6.45) is 3.50. The predicted octanol–water partition coefficient (Wildman–Crippen LogP) is 2.85. The zero-order valence-corrected chi connectivity index (χ0v) is 12.1. The van der Waals surface area contributed by atoms with E-state index in [-0.39, 0.29) is 6.04 Å². The zero-order valence-electron chi connectivity index (χ0n) is 11.3. The fourth-order valence-corrected chi connectivity index (χ4v) is 2.32. The van der Waals surface area contributed by atoms with E-state index in [1.54, 1.807) is 19.5 Å². The van der Waals surface area contributed by atoms with Crippen LogP contribution < -0.4 is 0 Å². The first-order chi connectivity index (χ1) is 9.15. The molecule has 2 aromatic heterocycles. The van der Waals surface area contributed by atoms with Gasteiger partial charge in [-0.25, -0.2) is 0 Å². The number of pyridine rings is 1. The third-order valence-corrected chi connectivity index (χ3v) is 3.37. The first kappa shape index (κ1) is 13.9. The van der Waals surface area contributed by atoms with E-state index >= 15 is 0 Å². The van der Waals surface area contributed by atoms with E-state index in [0.29, 0.717) is 17.3 Å². The van der Waals surface area contributed by atoms with Gasteiger partial charge in [-0.05, 0) is 30.3 Å². The lowest BCUT2D eigenvalue weighted by Crippen LogP contribution is -2.21. The monoisotopic (exact) mass is 278 g/mol. The Morgan fingerprint density at radius 1 is 1.37 bits per heavy atom. The topological polar surface area (TPSA) is 55.7 Å². The highest BCUT2D eigenvalue weighted by Crippen LogP contribution is 2.25. The molecule has 2 heterocycles. The standard InChI is InChI=1S/C13H18N4OS/c1-9(2)11(8-18-3)17-12(15-16-13(17)19)10-4-6-14-7-5-10/h4-7,9,11H,8H2,1-3H3,(H,16,19). The summed E-state index contributed by atoms with van der Waals surface area (Å²) in [5.74, 6) is 1.22. The number of ether oxygens (including phenoxy) is 1. The summed E-state index contributed by atoms with van der Waals surface area (Å²) in [6.45, 7) is 4.90. The molecule has 0 aliphatic heterocycles. The maximum absolute atomic E-state index is 5.36. The highest BCUT2D eigenvalue weighted by atomic mass is 32.1. The molecule has 1 N–H and O–H groups in total. The molecule has 0 bridgehead atoms. The summed E-state index contributed by atoms with van der Waals surface area (Å²) in [6, 6.07) is 4.00. The van der Waals surface area contributed by atoms with Crippen LogP contribution in [0, 0.1) is 10.7 Å². The van der Waals surface area contributed by atoms with Gasteiger partial charge in [-0.3, -0.25) is 14.6 Å². The molecule has 1 unspecified atom stereocenters. The van der Waals surface area contributed by atoms with Crippen LogP contribution >= 0.6 is 12.2 Å². The van der Waals surface area contributed by atoms with E-state index in [2.05, 4.69) is 29.0 Å². The predicted molar refractivity (Wildman–Crippen MR) is 76.4 cm³/mol. The third kappa shape index (κ3) is 2.90. The quantitative estimate of drug-likeness (QED) is 0.854. The summed E-state index contributed by atoms with van der Waals surface area (Å²) in [5, 5.41) is 7.20. The zero-order chi connectivity index (χ0) is 13.8. The minimum atomic E-state index is 0.152. The number of aromatic nitrogens is 4. The second-order valence-corrected chi connectivity index (χ2v) is 5.11. The van der Waals surface area contributed by atoms with Crippen LogP contribution in [0.3, 0.4) is 0 Å². The summed E-state index contributed by atoms with van der Waals surface area (Å²) in [5.41, 5.74) is 0.990. The number of hydrogen-bond donors (Lipinski definition) is 1. The lowest BCUT2D eigenvalue weighted by Gasteiger charge is -2.23. The van der Waals surface area contributed by atoms with E-state index in [1.807, 2.05) is 16.7 Å². The van der Waals surface area contributed by atoms with Gasteiger partial charge >= 0.3 is 0 Å². The minimum absolute atomic E-state index is 0.152. The van der Waals surface area contributed by atoms with Gasteiger partial charge in [0.1, 0.15) is 0 Å². The van der Waals surface area contributed by atoms with Gasteiger partial charge in [-0.1, -0.05) is 13.8 Å². The van der Waals surface area contributed by atoms with Gasteiger partial charge < -0.3 is 4.74 Å². The largest absolute Gasteiger partial charge is 0.383 e. The van der Waals surface area contributed by atoms with Crippen molar-refractivity contribution in [3.63, 3.8) is 0 Å². The smallest absolute Gasteiger partial charge is 0.195 e. The number of methoxy groups -OCH3 is 1. The van der Waals surface area contributed by atoms with Gasteiger partial charge in [-0.15, -0.1) is 0 Å². The van der Waals surface area contributed by atoms with Gasteiger partial charge in [0.05, 0.1) is 12.6 Å². The Bertz CT molecular complexity index is 576. The summed E-state index contributed by atoms with van der Waals surface area (Å²) in [4.78, 5) is 4.03. The number of aromatic amines is 1. The Hall–Kier alpha value is -1.53. The lowest BCUT2D eigenvalue weighted by molar-refractivity contribution is 0.133. The molecule has 0 aliphatic rings. The number of hydrogen-bond acceptors (Lipinski definition) is 4. The van der Waals surface area contributed by atoms with E-state index in [1.165, 1.54) is 0 Å². The molecular weight excluding hydrogens is 260 g/mol. The molecule has 0 aromatic carbocycles. The molecule has 1 atom stereocenters.